The average Bonchev–Trinajstić information content (AvgIpc) is 2.57. The third-order valence-electron chi connectivity index (χ3n) is 5.19. The zero-order chi connectivity index (χ0) is 16.9. The molecule has 0 unspecified atom stereocenters. The van der Waals surface area contributed by atoms with E-state index in [0.29, 0.717) is 18.5 Å². The number of piperazine rings is 2. The van der Waals surface area contributed by atoms with E-state index < -0.39 is 0 Å². The number of amides is 1. The highest BCUT2D eigenvalue weighted by molar-refractivity contribution is 5.85. The van der Waals surface area contributed by atoms with Gasteiger partial charge in [0.25, 0.3) is 0 Å². The molecule has 1 N–H and O–H groups in total. The van der Waals surface area contributed by atoms with Crippen molar-refractivity contribution in [3.8, 4) is 0 Å². The molecule has 7 heteroatoms. The first-order valence-corrected chi connectivity index (χ1v) is 9.12. The highest BCUT2D eigenvalue weighted by atomic mass is 35.5. The van der Waals surface area contributed by atoms with E-state index in [9.17, 15) is 4.79 Å². The molecule has 2 aliphatic heterocycles. The Hall–Kier alpha value is -0.850. The summed E-state index contributed by atoms with van der Waals surface area (Å²) in [6.45, 7) is 12.5. The van der Waals surface area contributed by atoms with Crippen LogP contribution in [0.3, 0.4) is 0 Å². The molecule has 2 saturated heterocycles. The lowest BCUT2D eigenvalue weighted by molar-refractivity contribution is -0.135. The SMILES string of the molecule is Cc1cccc(CN2CCN(C(=O)CN3CCNC[C@H]3C)CC2)c1.Cl.Cl. The fourth-order valence-electron chi connectivity index (χ4n) is 3.62. The summed E-state index contributed by atoms with van der Waals surface area (Å²) in [4.78, 5) is 19.4. The normalized spacial score (nSPS) is 21.6. The highest BCUT2D eigenvalue weighted by Crippen LogP contribution is 2.11. The number of rotatable bonds is 4. The van der Waals surface area contributed by atoms with Crippen LogP contribution < -0.4 is 5.32 Å². The standard InChI is InChI=1S/C19H30N4O.2ClH/c1-16-4-3-5-18(12-16)14-21-8-10-22(11-9-21)19(24)15-23-7-6-20-13-17(23)2;;/h3-5,12,17,20H,6-11,13-15H2,1-2H3;2*1H/t17-;;/m1../s1. The summed E-state index contributed by atoms with van der Waals surface area (Å²) in [6.07, 6.45) is 0. The molecule has 1 aromatic carbocycles. The largest absolute Gasteiger partial charge is 0.339 e. The first kappa shape index (κ1) is 23.2. The highest BCUT2D eigenvalue weighted by Gasteiger charge is 2.25. The Morgan fingerprint density at radius 3 is 2.54 bits per heavy atom. The zero-order valence-corrected chi connectivity index (χ0v) is 17.5. The maximum atomic E-state index is 12.6. The molecular formula is C19H32Cl2N4O. The van der Waals surface area contributed by atoms with Crippen LogP contribution in [0.4, 0.5) is 0 Å². The van der Waals surface area contributed by atoms with Crippen molar-refractivity contribution in [3.05, 3.63) is 35.4 Å². The van der Waals surface area contributed by atoms with Gasteiger partial charge in [-0.3, -0.25) is 14.6 Å². The van der Waals surface area contributed by atoms with E-state index in [1.165, 1.54) is 11.1 Å². The Kier molecular flexibility index (Phi) is 9.90. The fourth-order valence-corrected chi connectivity index (χ4v) is 3.62. The molecule has 2 heterocycles. The van der Waals surface area contributed by atoms with E-state index in [1.54, 1.807) is 0 Å². The molecule has 1 amide bonds. The first-order chi connectivity index (χ1) is 11.6. The molecule has 2 fully saturated rings. The Balaban J connectivity index is 0.00000169. The number of nitrogens with one attached hydrogen (secondary N) is 1. The predicted molar refractivity (Wildman–Crippen MR) is 111 cm³/mol. The van der Waals surface area contributed by atoms with Gasteiger partial charge < -0.3 is 10.2 Å². The topological polar surface area (TPSA) is 38.8 Å². The average molecular weight is 403 g/mol. The van der Waals surface area contributed by atoms with Gasteiger partial charge in [-0.2, -0.15) is 0 Å². The molecular weight excluding hydrogens is 371 g/mol. The van der Waals surface area contributed by atoms with Gasteiger partial charge >= 0.3 is 0 Å². The van der Waals surface area contributed by atoms with Gasteiger partial charge in [0.2, 0.25) is 5.91 Å². The number of carbonyl (C=O) groups is 1. The second-order valence-corrected chi connectivity index (χ2v) is 7.17. The summed E-state index contributed by atoms with van der Waals surface area (Å²) in [5, 5.41) is 3.38. The summed E-state index contributed by atoms with van der Waals surface area (Å²) in [7, 11) is 0. The van der Waals surface area contributed by atoms with Gasteiger partial charge in [0.05, 0.1) is 6.54 Å². The third kappa shape index (κ3) is 6.39. The number of aryl methyl sites for hydroxylation is 1. The van der Waals surface area contributed by atoms with Gasteiger partial charge in [-0.05, 0) is 19.4 Å². The Labute approximate surface area is 169 Å². The van der Waals surface area contributed by atoms with Crippen LogP contribution in [0.15, 0.2) is 24.3 Å². The van der Waals surface area contributed by atoms with Crippen molar-refractivity contribution in [2.45, 2.75) is 26.4 Å². The summed E-state index contributed by atoms with van der Waals surface area (Å²) in [5.41, 5.74) is 2.68. The van der Waals surface area contributed by atoms with E-state index >= 15 is 0 Å². The Morgan fingerprint density at radius 1 is 1.15 bits per heavy atom. The van der Waals surface area contributed by atoms with E-state index in [1.807, 2.05) is 4.90 Å². The summed E-state index contributed by atoms with van der Waals surface area (Å²) < 4.78 is 0. The summed E-state index contributed by atoms with van der Waals surface area (Å²) >= 11 is 0. The van der Waals surface area contributed by atoms with Crippen LogP contribution in [0.5, 0.6) is 0 Å². The molecule has 0 aliphatic carbocycles. The van der Waals surface area contributed by atoms with E-state index in [2.05, 4.69) is 53.2 Å². The number of hydrogen-bond acceptors (Lipinski definition) is 4. The zero-order valence-electron chi connectivity index (χ0n) is 15.8. The molecule has 2 aliphatic rings. The Bertz CT molecular complexity index is 564. The van der Waals surface area contributed by atoms with Gasteiger partial charge in [0, 0.05) is 58.4 Å². The molecule has 1 aromatic rings. The molecule has 0 bridgehead atoms. The second kappa shape index (κ2) is 11.1. The third-order valence-corrected chi connectivity index (χ3v) is 5.19. The predicted octanol–water partition coefficient (Wildman–Crippen LogP) is 1.78. The minimum absolute atomic E-state index is 0. The number of halogens is 2. The molecule has 0 spiro atoms. The summed E-state index contributed by atoms with van der Waals surface area (Å²) in [5.74, 6) is 0.291. The van der Waals surface area contributed by atoms with Crippen LogP contribution in [0.2, 0.25) is 0 Å². The number of hydrogen-bond donors (Lipinski definition) is 1. The number of nitrogens with zero attached hydrogens (tertiary/aromatic N) is 3. The maximum Gasteiger partial charge on any atom is 0.236 e. The van der Waals surface area contributed by atoms with Gasteiger partial charge in [-0.25, -0.2) is 0 Å². The smallest absolute Gasteiger partial charge is 0.236 e. The molecule has 0 radical (unpaired) electrons. The fraction of sp³-hybridized carbons (Fsp3) is 0.632. The van der Waals surface area contributed by atoms with Crippen molar-refractivity contribution in [1.29, 1.82) is 0 Å². The van der Waals surface area contributed by atoms with Crippen LogP contribution in [0.25, 0.3) is 0 Å². The Morgan fingerprint density at radius 2 is 1.88 bits per heavy atom. The molecule has 1 atom stereocenters. The van der Waals surface area contributed by atoms with Crippen molar-refractivity contribution >= 4 is 30.7 Å². The van der Waals surface area contributed by atoms with Crippen LogP contribution in [0.1, 0.15) is 18.1 Å². The van der Waals surface area contributed by atoms with Crippen LogP contribution in [-0.2, 0) is 11.3 Å². The molecule has 3 rings (SSSR count). The maximum absolute atomic E-state index is 12.6. The minimum Gasteiger partial charge on any atom is -0.339 e. The van der Waals surface area contributed by atoms with Gasteiger partial charge in [-0.15, -0.1) is 24.8 Å². The van der Waals surface area contributed by atoms with E-state index in [-0.39, 0.29) is 24.8 Å². The monoisotopic (exact) mass is 402 g/mol. The molecule has 0 aromatic heterocycles. The molecule has 26 heavy (non-hydrogen) atoms. The second-order valence-electron chi connectivity index (χ2n) is 7.17. The number of benzene rings is 1. The van der Waals surface area contributed by atoms with Crippen LogP contribution in [-0.4, -0.2) is 79.0 Å². The quantitative estimate of drug-likeness (QED) is 0.832. The molecule has 148 valence electrons. The van der Waals surface area contributed by atoms with E-state index in [0.717, 1.165) is 52.4 Å². The van der Waals surface area contributed by atoms with Gasteiger partial charge in [0.15, 0.2) is 0 Å². The van der Waals surface area contributed by atoms with Crippen LogP contribution >= 0.6 is 24.8 Å². The van der Waals surface area contributed by atoms with Crippen molar-refractivity contribution in [2.24, 2.45) is 0 Å². The van der Waals surface area contributed by atoms with Crippen molar-refractivity contribution in [2.75, 3.05) is 52.4 Å². The van der Waals surface area contributed by atoms with Crippen molar-refractivity contribution in [1.82, 2.24) is 20.0 Å². The first-order valence-electron chi connectivity index (χ1n) is 9.12. The lowest BCUT2D eigenvalue weighted by Crippen LogP contribution is -2.55. The van der Waals surface area contributed by atoms with Gasteiger partial charge in [-0.1, -0.05) is 29.8 Å². The lowest BCUT2D eigenvalue weighted by Gasteiger charge is -2.38. The lowest BCUT2D eigenvalue weighted by atomic mass is 10.1. The molecule has 0 saturated carbocycles. The van der Waals surface area contributed by atoms with Crippen molar-refractivity contribution in [3.63, 3.8) is 0 Å². The summed E-state index contributed by atoms with van der Waals surface area (Å²) in [6, 6.07) is 9.15. The minimum atomic E-state index is 0. The van der Waals surface area contributed by atoms with Crippen molar-refractivity contribution < 1.29 is 4.79 Å². The number of carbonyl (C=O) groups excluding carboxylic acids is 1. The van der Waals surface area contributed by atoms with Gasteiger partial charge in [0.1, 0.15) is 0 Å². The van der Waals surface area contributed by atoms with Crippen LogP contribution in [0, 0.1) is 6.92 Å². The van der Waals surface area contributed by atoms with E-state index in [4.69, 9.17) is 0 Å². The molecule has 5 nitrogen and oxygen atoms in total.